The summed E-state index contributed by atoms with van der Waals surface area (Å²) in [6.07, 6.45) is 14.0. The van der Waals surface area contributed by atoms with Crippen LogP contribution in [0.3, 0.4) is 0 Å². The number of likely N-dealkylation sites (tertiary alicyclic amines) is 2. The summed E-state index contributed by atoms with van der Waals surface area (Å²) in [7, 11) is 0. The van der Waals surface area contributed by atoms with Gasteiger partial charge in [-0.3, -0.25) is 14.7 Å². The van der Waals surface area contributed by atoms with Crippen molar-refractivity contribution in [2.45, 2.75) is 45.1 Å². The molecule has 3 fully saturated rings. The van der Waals surface area contributed by atoms with Gasteiger partial charge in [-0.15, -0.1) is 0 Å². The Hall–Kier alpha value is -3.00. The lowest BCUT2D eigenvalue weighted by molar-refractivity contribution is -0.126. The van der Waals surface area contributed by atoms with E-state index in [4.69, 9.17) is 4.99 Å². The van der Waals surface area contributed by atoms with E-state index in [0.29, 0.717) is 36.1 Å². The SMILES string of the molecule is CC1=C2CCCC2=NC(N2C[C@H]3CN(C(=O)C4=C5C=CC=CN5CC4C4=NC=CCC4F)C[C@H]3C2)N1. The zero-order valence-electron chi connectivity index (χ0n) is 20.7. The van der Waals surface area contributed by atoms with Gasteiger partial charge in [0.1, 0.15) is 6.17 Å². The minimum Gasteiger partial charge on any atom is -0.355 e. The Balaban J connectivity index is 1.08. The Kier molecular flexibility index (Phi) is 5.27. The molecule has 36 heavy (non-hydrogen) atoms. The number of hydrogen-bond donors (Lipinski definition) is 1. The maximum atomic E-state index is 14.9. The summed E-state index contributed by atoms with van der Waals surface area (Å²) in [5, 5.41) is 3.63. The molecule has 0 aromatic carbocycles. The van der Waals surface area contributed by atoms with Crippen LogP contribution in [0.4, 0.5) is 4.39 Å². The number of allylic oxidation sites excluding steroid dienone is 6. The lowest BCUT2D eigenvalue weighted by Crippen LogP contribution is -2.47. The first-order chi connectivity index (χ1) is 17.6. The molecule has 7 rings (SSSR count). The number of halogens is 1. The lowest BCUT2D eigenvalue weighted by atomic mass is 9.89. The summed E-state index contributed by atoms with van der Waals surface area (Å²) in [6, 6.07) is 0. The molecule has 0 aromatic rings. The molecule has 1 N–H and O–H groups in total. The first kappa shape index (κ1) is 22.2. The second-order valence-electron chi connectivity index (χ2n) is 11.1. The smallest absolute Gasteiger partial charge is 0.252 e. The maximum absolute atomic E-state index is 14.9. The molecule has 8 heteroatoms. The van der Waals surface area contributed by atoms with Gasteiger partial charge in [0.2, 0.25) is 0 Å². The summed E-state index contributed by atoms with van der Waals surface area (Å²) in [4.78, 5) is 30.0. The second kappa shape index (κ2) is 8.54. The molecule has 0 bridgehead atoms. The highest BCUT2D eigenvalue weighted by atomic mass is 19.1. The Morgan fingerprint density at radius 2 is 1.94 bits per heavy atom. The standard InChI is InChI=1S/C28H33FN6O/c1-17-20-6-4-8-23(20)32-28(31-17)35-14-18-12-34(13-19(18)15-35)27(36)25-21(26-22(29)7-5-10-30-26)16-33-11-3-2-9-24(25)33/h2-3,5,9-11,18-19,21-22,28,31H,4,6-8,12-16H2,1H3/t18-,19+,21?,22?,28?. The van der Waals surface area contributed by atoms with Crippen molar-refractivity contribution >= 4 is 17.3 Å². The van der Waals surface area contributed by atoms with Crippen LogP contribution in [0, 0.1) is 17.8 Å². The molecule has 3 unspecified atom stereocenters. The van der Waals surface area contributed by atoms with Crippen molar-refractivity contribution in [2.75, 3.05) is 32.7 Å². The topological polar surface area (TPSA) is 63.5 Å². The summed E-state index contributed by atoms with van der Waals surface area (Å²) in [6.45, 7) is 6.13. The molecule has 1 saturated carbocycles. The van der Waals surface area contributed by atoms with E-state index in [9.17, 15) is 9.18 Å². The summed E-state index contributed by atoms with van der Waals surface area (Å²) >= 11 is 0. The molecule has 1 aliphatic carbocycles. The number of nitrogens with one attached hydrogen (secondary N) is 1. The summed E-state index contributed by atoms with van der Waals surface area (Å²) in [5.41, 5.74) is 6.08. The van der Waals surface area contributed by atoms with Gasteiger partial charge >= 0.3 is 0 Å². The Morgan fingerprint density at radius 3 is 2.75 bits per heavy atom. The van der Waals surface area contributed by atoms with E-state index < -0.39 is 6.17 Å². The van der Waals surface area contributed by atoms with Crippen LogP contribution in [0.15, 0.2) is 69.2 Å². The van der Waals surface area contributed by atoms with Crippen molar-refractivity contribution < 1.29 is 9.18 Å². The van der Waals surface area contributed by atoms with Crippen molar-refractivity contribution in [2.24, 2.45) is 27.7 Å². The van der Waals surface area contributed by atoms with Gasteiger partial charge in [-0.2, -0.15) is 0 Å². The highest BCUT2D eigenvalue weighted by Crippen LogP contribution is 2.39. The quantitative estimate of drug-likeness (QED) is 0.663. The summed E-state index contributed by atoms with van der Waals surface area (Å²) in [5.74, 6) is 0.623. The van der Waals surface area contributed by atoms with Crippen molar-refractivity contribution in [1.82, 2.24) is 20.0 Å². The number of nitrogens with zero attached hydrogens (tertiary/aromatic N) is 5. The van der Waals surface area contributed by atoms with E-state index >= 15 is 0 Å². The number of rotatable bonds is 3. The van der Waals surface area contributed by atoms with Crippen LogP contribution in [0.2, 0.25) is 0 Å². The molecule has 5 atom stereocenters. The number of carbonyl (C=O) groups excluding carboxylic acids is 1. The second-order valence-corrected chi connectivity index (χ2v) is 11.1. The van der Waals surface area contributed by atoms with Crippen molar-refractivity contribution in [3.63, 3.8) is 0 Å². The van der Waals surface area contributed by atoms with Gasteiger partial charge in [0.25, 0.3) is 5.91 Å². The van der Waals surface area contributed by atoms with E-state index in [1.165, 1.54) is 23.4 Å². The van der Waals surface area contributed by atoms with Gasteiger partial charge in [0.15, 0.2) is 6.29 Å². The fourth-order valence-corrected chi connectivity index (χ4v) is 7.15. The average molecular weight is 489 g/mol. The van der Waals surface area contributed by atoms with E-state index in [1.807, 2.05) is 29.3 Å². The Morgan fingerprint density at radius 1 is 1.11 bits per heavy atom. The molecule has 6 aliphatic heterocycles. The zero-order valence-corrected chi connectivity index (χ0v) is 20.7. The van der Waals surface area contributed by atoms with Crippen LogP contribution in [0.1, 0.15) is 32.6 Å². The zero-order chi connectivity index (χ0) is 24.4. The van der Waals surface area contributed by atoms with Crippen molar-refractivity contribution in [1.29, 1.82) is 0 Å². The lowest BCUT2D eigenvalue weighted by Gasteiger charge is -2.32. The van der Waals surface area contributed by atoms with Gasteiger partial charge < -0.3 is 15.1 Å². The molecular weight excluding hydrogens is 455 g/mol. The maximum Gasteiger partial charge on any atom is 0.252 e. The molecule has 6 heterocycles. The first-order valence-electron chi connectivity index (χ1n) is 13.4. The number of amides is 1. The van der Waals surface area contributed by atoms with E-state index in [0.717, 1.165) is 44.7 Å². The molecule has 2 saturated heterocycles. The molecule has 0 aromatic heterocycles. The number of hydrogen-bond acceptors (Lipinski definition) is 6. The predicted octanol–water partition coefficient (Wildman–Crippen LogP) is 3.13. The number of aliphatic imine (C=N–C) groups is 2. The monoisotopic (exact) mass is 488 g/mol. The predicted molar refractivity (Wildman–Crippen MR) is 138 cm³/mol. The van der Waals surface area contributed by atoms with Gasteiger partial charge in [0.05, 0.1) is 22.9 Å². The van der Waals surface area contributed by atoms with E-state index in [-0.39, 0.29) is 18.1 Å². The third-order valence-corrected chi connectivity index (χ3v) is 8.94. The number of fused-ring (bicyclic) bond motifs is 3. The van der Waals surface area contributed by atoms with Crippen LogP contribution in [0.5, 0.6) is 0 Å². The largest absolute Gasteiger partial charge is 0.355 e. The fourth-order valence-electron chi connectivity index (χ4n) is 7.15. The van der Waals surface area contributed by atoms with Crippen LogP contribution in [-0.4, -0.2) is 77.2 Å². The molecule has 0 radical (unpaired) electrons. The minimum absolute atomic E-state index is 0.0207. The number of carbonyl (C=O) groups is 1. The average Bonchev–Trinajstić information content (AvgIpc) is 3.65. The van der Waals surface area contributed by atoms with Gasteiger partial charge in [-0.1, -0.05) is 12.2 Å². The van der Waals surface area contributed by atoms with Crippen LogP contribution in [0.25, 0.3) is 0 Å². The Labute approximate surface area is 211 Å². The van der Waals surface area contributed by atoms with Crippen molar-refractivity contribution in [3.8, 4) is 0 Å². The van der Waals surface area contributed by atoms with Crippen LogP contribution < -0.4 is 5.32 Å². The normalized spacial score (nSPS) is 35.2. The number of alkyl halides is 1. The first-order valence-corrected chi connectivity index (χ1v) is 13.4. The molecule has 188 valence electrons. The fraction of sp³-hybridized carbons (Fsp3) is 0.536. The third kappa shape index (κ3) is 3.52. The molecule has 0 spiro atoms. The minimum atomic E-state index is -1.13. The van der Waals surface area contributed by atoms with Gasteiger partial charge in [0, 0.05) is 63.0 Å². The highest BCUT2D eigenvalue weighted by Gasteiger charge is 2.47. The Bertz CT molecular complexity index is 1190. The van der Waals surface area contributed by atoms with Gasteiger partial charge in [-0.05, 0) is 55.7 Å². The molecule has 1 amide bonds. The van der Waals surface area contributed by atoms with Crippen molar-refractivity contribution in [3.05, 3.63) is 59.2 Å². The van der Waals surface area contributed by atoms with Gasteiger partial charge in [-0.25, -0.2) is 9.38 Å². The molecule has 7 nitrogen and oxygen atoms in total. The molecular formula is C28H33FN6O. The molecule has 7 aliphatic rings. The van der Waals surface area contributed by atoms with E-state index in [2.05, 4.69) is 27.0 Å². The summed E-state index contributed by atoms with van der Waals surface area (Å²) < 4.78 is 14.9. The third-order valence-electron chi connectivity index (χ3n) is 8.94. The van der Waals surface area contributed by atoms with Crippen LogP contribution >= 0.6 is 0 Å². The van der Waals surface area contributed by atoms with E-state index in [1.54, 1.807) is 12.3 Å². The highest BCUT2D eigenvalue weighted by molar-refractivity contribution is 6.06. The van der Waals surface area contributed by atoms with Crippen LogP contribution in [-0.2, 0) is 4.79 Å².